The van der Waals surface area contributed by atoms with Crippen molar-refractivity contribution in [1.82, 2.24) is 5.32 Å². The molecule has 1 rings (SSSR count). The molecule has 0 saturated heterocycles. The summed E-state index contributed by atoms with van der Waals surface area (Å²) in [6, 6.07) is 4.97. The number of nitrogens with zero attached hydrogens (tertiary/aromatic N) is 1. The van der Waals surface area contributed by atoms with Crippen molar-refractivity contribution in [2.45, 2.75) is 20.3 Å². The Morgan fingerprint density at radius 3 is 2.58 bits per heavy atom. The highest BCUT2D eigenvalue weighted by molar-refractivity contribution is 6.44. The third-order valence-corrected chi connectivity index (χ3v) is 3.28. The van der Waals surface area contributed by atoms with Gasteiger partial charge < -0.3 is 10.2 Å². The molecule has 19 heavy (non-hydrogen) atoms. The maximum atomic E-state index is 11.7. The van der Waals surface area contributed by atoms with Gasteiger partial charge in [0.2, 0.25) is 11.8 Å². The molecule has 0 unspecified atom stereocenters. The minimum atomic E-state index is -0.268. The molecule has 0 heterocycles. The lowest BCUT2D eigenvalue weighted by atomic mass is 10.2. The first-order valence-corrected chi connectivity index (χ1v) is 6.71. The van der Waals surface area contributed by atoms with E-state index in [0.717, 1.165) is 6.42 Å². The van der Waals surface area contributed by atoms with E-state index in [1.54, 1.807) is 18.2 Å². The average molecular weight is 303 g/mol. The van der Waals surface area contributed by atoms with Crippen molar-refractivity contribution >= 4 is 40.7 Å². The molecule has 0 aliphatic rings. The smallest absolute Gasteiger partial charge is 0.240 e. The first kappa shape index (κ1) is 15.8. The minimum Gasteiger partial charge on any atom is -0.355 e. The molecule has 0 radical (unpaired) electrons. The third kappa shape index (κ3) is 4.40. The fraction of sp³-hybridized carbons (Fsp3) is 0.385. The Balaban J connectivity index is 2.92. The summed E-state index contributed by atoms with van der Waals surface area (Å²) in [4.78, 5) is 24.7. The Morgan fingerprint density at radius 2 is 2.00 bits per heavy atom. The molecule has 104 valence electrons. The maximum absolute atomic E-state index is 11.7. The number of nitrogens with one attached hydrogen (secondary N) is 1. The van der Waals surface area contributed by atoms with Crippen LogP contribution in [0.1, 0.15) is 20.3 Å². The van der Waals surface area contributed by atoms with Gasteiger partial charge in [0.1, 0.15) is 6.54 Å². The molecular formula is C13H16Cl2N2O2. The lowest BCUT2D eigenvalue weighted by Gasteiger charge is -2.22. The number of hydrogen-bond donors (Lipinski definition) is 1. The molecule has 1 aromatic rings. The van der Waals surface area contributed by atoms with E-state index in [1.807, 2.05) is 6.92 Å². The monoisotopic (exact) mass is 302 g/mol. The van der Waals surface area contributed by atoms with Gasteiger partial charge in [-0.15, -0.1) is 0 Å². The predicted molar refractivity (Wildman–Crippen MR) is 77.8 cm³/mol. The molecule has 6 heteroatoms. The molecule has 0 bridgehead atoms. The Bertz CT molecular complexity index is 478. The van der Waals surface area contributed by atoms with Crippen molar-refractivity contribution < 1.29 is 9.59 Å². The van der Waals surface area contributed by atoms with E-state index in [4.69, 9.17) is 23.2 Å². The zero-order valence-electron chi connectivity index (χ0n) is 10.9. The number of carbonyl (C=O) groups excluding carboxylic acids is 2. The Morgan fingerprint density at radius 1 is 1.32 bits per heavy atom. The van der Waals surface area contributed by atoms with Gasteiger partial charge in [0.05, 0.1) is 15.7 Å². The lowest BCUT2D eigenvalue weighted by molar-refractivity contribution is -0.123. The van der Waals surface area contributed by atoms with E-state index in [-0.39, 0.29) is 23.4 Å². The summed E-state index contributed by atoms with van der Waals surface area (Å²) in [6.45, 7) is 3.84. The van der Waals surface area contributed by atoms with E-state index in [1.165, 1.54) is 11.8 Å². The zero-order valence-corrected chi connectivity index (χ0v) is 12.4. The molecule has 1 aromatic carbocycles. The van der Waals surface area contributed by atoms with Crippen LogP contribution in [0.3, 0.4) is 0 Å². The van der Waals surface area contributed by atoms with Gasteiger partial charge in [-0.2, -0.15) is 0 Å². The SMILES string of the molecule is CCCNC(=O)CN(C(C)=O)c1cccc(Cl)c1Cl. The number of benzene rings is 1. The largest absolute Gasteiger partial charge is 0.355 e. The molecule has 0 spiro atoms. The van der Waals surface area contributed by atoms with Gasteiger partial charge in [0, 0.05) is 13.5 Å². The third-order valence-electron chi connectivity index (χ3n) is 2.48. The van der Waals surface area contributed by atoms with Crippen LogP contribution < -0.4 is 10.2 Å². The molecular weight excluding hydrogens is 287 g/mol. The van der Waals surface area contributed by atoms with E-state index in [0.29, 0.717) is 17.3 Å². The molecule has 1 N–H and O–H groups in total. The normalized spacial score (nSPS) is 10.1. The van der Waals surface area contributed by atoms with Crippen molar-refractivity contribution in [3.63, 3.8) is 0 Å². The van der Waals surface area contributed by atoms with Gasteiger partial charge in [-0.25, -0.2) is 0 Å². The highest BCUT2D eigenvalue weighted by Gasteiger charge is 2.19. The summed E-state index contributed by atoms with van der Waals surface area (Å²) < 4.78 is 0. The zero-order chi connectivity index (χ0) is 14.4. The Kier molecular flexibility index (Phi) is 6.12. The highest BCUT2D eigenvalue weighted by Crippen LogP contribution is 2.32. The predicted octanol–water partition coefficient (Wildman–Crippen LogP) is 2.87. The van der Waals surface area contributed by atoms with Crippen molar-refractivity contribution in [2.75, 3.05) is 18.0 Å². The minimum absolute atomic E-state index is 0.0740. The van der Waals surface area contributed by atoms with Crippen LogP contribution in [-0.4, -0.2) is 24.9 Å². The van der Waals surface area contributed by atoms with E-state index in [9.17, 15) is 9.59 Å². The number of carbonyl (C=O) groups is 2. The Hall–Kier alpha value is -1.26. The van der Waals surface area contributed by atoms with Gasteiger partial charge in [0.25, 0.3) is 0 Å². The number of anilines is 1. The van der Waals surface area contributed by atoms with Crippen LogP contribution in [-0.2, 0) is 9.59 Å². The molecule has 2 amide bonds. The number of amides is 2. The second-order valence-electron chi connectivity index (χ2n) is 4.03. The van der Waals surface area contributed by atoms with Crippen LogP contribution in [0.5, 0.6) is 0 Å². The molecule has 0 atom stereocenters. The van der Waals surface area contributed by atoms with Gasteiger partial charge in [-0.1, -0.05) is 36.2 Å². The maximum Gasteiger partial charge on any atom is 0.240 e. The van der Waals surface area contributed by atoms with Crippen LogP contribution in [0.25, 0.3) is 0 Å². The second kappa shape index (κ2) is 7.36. The topological polar surface area (TPSA) is 49.4 Å². The van der Waals surface area contributed by atoms with Crippen LogP contribution in [0.15, 0.2) is 18.2 Å². The van der Waals surface area contributed by atoms with Crippen LogP contribution in [0, 0.1) is 0 Å². The molecule has 4 nitrogen and oxygen atoms in total. The fourth-order valence-corrected chi connectivity index (χ4v) is 1.93. The van der Waals surface area contributed by atoms with Crippen molar-refractivity contribution in [1.29, 1.82) is 0 Å². The van der Waals surface area contributed by atoms with Gasteiger partial charge in [-0.05, 0) is 18.6 Å². The molecule has 0 aliphatic carbocycles. The average Bonchev–Trinajstić information content (AvgIpc) is 2.37. The molecule has 0 aromatic heterocycles. The van der Waals surface area contributed by atoms with E-state index >= 15 is 0 Å². The van der Waals surface area contributed by atoms with E-state index in [2.05, 4.69) is 5.32 Å². The summed E-state index contributed by atoms with van der Waals surface area (Å²) in [7, 11) is 0. The van der Waals surface area contributed by atoms with E-state index < -0.39 is 0 Å². The number of halogens is 2. The summed E-state index contributed by atoms with van der Waals surface area (Å²) in [5.74, 6) is -0.496. The van der Waals surface area contributed by atoms with Gasteiger partial charge in [-0.3, -0.25) is 9.59 Å². The second-order valence-corrected chi connectivity index (χ2v) is 4.81. The molecule has 0 aliphatic heterocycles. The van der Waals surface area contributed by atoms with Crippen molar-refractivity contribution in [3.05, 3.63) is 28.2 Å². The van der Waals surface area contributed by atoms with Crippen LogP contribution >= 0.6 is 23.2 Å². The highest BCUT2D eigenvalue weighted by atomic mass is 35.5. The van der Waals surface area contributed by atoms with Gasteiger partial charge >= 0.3 is 0 Å². The summed E-state index contributed by atoms with van der Waals surface area (Å²) in [5, 5.41) is 3.33. The number of hydrogen-bond acceptors (Lipinski definition) is 2. The van der Waals surface area contributed by atoms with Crippen LogP contribution in [0.2, 0.25) is 10.0 Å². The quantitative estimate of drug-likeness (QED) is 0.909. The fourth-order valence-electron chi connectivity index (χ4n) is 1.53. The molecule has 0 fully saturated rings. The van der Waals surface area contributed by atoms with Gasteiger partial charge in [0.15, 0.2) is 0 Å². The van der Waals surface area contributed by atoms with Crippen molar-refractivity contribution in [3.8, 4) is 0 Å². The Labute approximate surface area is 122 Å². The summed E-state index contributed by atoms with van der Waals surface area (Å²) in [5.41, 5.74) is 0.438. The first-order chi connectivity index (χ1) is 8.97. The first-order valence-electron chi connectivity index (χ1n) is 5.96. The summed E-state index contributed by atoms with van der Waals surface area (Å²) >= 11 is 12.0. The van der Waals surface area contributed by atoms with Crippen molar-refractivity contribution in [2.24, 2.45) is 0 Å². The lowest BCUT2D eigenvalue weighted by Crippen LogP contribution is -2.40. The molecule has 0 saturated carbocycles. The van der Waals surface area contributed by atoms with Crippen LogP contribution in [0.4, 0.5) is 5.69 Å². The standard InChI is InChI=1S/C13H16Cl2N2O2/c1-3-7-16-12(19)8-17(9(2)18)11-6-4-5-10(14)13(11)15/h4-6H,3,7-8H2,1-2H3,(H,16,19). The number of rotatable bonds is 5. The summed E-state index contributed by atoms with van der Waals surface area (Å²) in [6.07, 6.45) is 0.837.